The van der Waals surface area contributed by atoms with Crippen LogP contribution in [0.3, 0.4) is 0 Å². The highest BCUT2D eigenvalue weighted by atomic mass is 16.1. The van der Waals surface area contributed by atoms with E-state index in [-0.39, 0.29) is 5.91 Å². The Morgan fingerprint density at radius 3 is 2.94 bits per heavy atom. The molecule has 1 heterocycles. The van der Waals surface area contributed by atoms with Gasteiger partial charge in [-0.25, -0.2) is 0 Å². The third kappa shape index (κ3) is 3.41. The summed E-state index contributed by atoms with van der Waals surface area (Å²) in [7, 11) is 1.83. The van der Waals surface area contributed by atoms with Crippen molar-refractivity contribution in [3.8, 4) is 6.07 Å². The number of hydrogen-bond acceptors (Lipinski definition) is 3. The Morgan fingerprint density at radius 2 is 2.38 bits per heavy atom. The first kappa shape index (κ1) is 12.3. The number of amides is 1. The summed E-state index contributed by atoms with van der Waals surface area (Å²) < 4.78 is 1.77. The van der Waals surface area contributed by atoms with Crippen LogP contribution in [-0.2, 0) is 18.4 Å². The van der Waals surface area contributed by atoms with Crippen molar-refractivity contribution in [1.29, 1.82) is 5.26 Å². The molecular formula is C11H16N4O. The van der Waals surface area contributed by atoms with Gasteiger partial charge in [0.25, 0.3) is 0 Å². The number of nitriles is 1. The van der Waals surface area contributed by atoms with Gasteiger partial charge in [0, 0.05) is 26.3 Å². The van der Waals surface area contributed by atoms with E-state index in [1.807, 2.05) is 26.2 Å². The Hall–Kier alpha value is -1.80. The van der Waals surface area contributed by atoms with Gasteiger partial charge >= 0.3 is 0 Å². The highest BCUT2D eigenvalue weighted by Crippen LogP contribution is 2.05. The van der Waals surface area contributed by atoms with Gasteiger partial charge in [-0.1, -0.05) is 0 Å². The molecule has 1 aromatic rings. The molecule has 0 saturated carbocycles. The average molecular weight is 220 g/mol. The van der Waals surface area contributed by atoms with Crippen LogP contribution in [0.25, 0.3) is 0 Å². The van der Waals surface area contributed by atoms with E-state index in [9.17, 15) is 4.79 Å². The molecule has 0 aliphatic heterocycles. The van der Waals surface area contributed by atoms with Gasteiger partial charge in [0.15, 0.2) is 0 Å². The molecule has 1 aromatic heterocycles. The molecule has 0 aliphatic rings. The molecule has 5 nitrogen and oxygen atoms in total. The van der Waals surface area contributed by atoms with Crippen LogP contribution in [0.2, 0.25) is 0 Å². The van der Waals surface area contributed by atoms with Crippen LogP contribution in [0.5, 0.6) is 0 Å². The van der Waals surface area contributed by atoms with Gasteiger partial charge < -0.3 is 15.2 Å². The summed E-state index contributed by atoms with van der Waals surface area (Å²) >= 11 is 0. The third-order valence-electron chi connectivity index (χ3n) is 2.16. The van der Waals surface area contributed by atoms with Crippen molar-refractivity contribution in [3.05, 3.63) is 23.5 Å². The maximum atomic E-state index is 11.1. The summed E-state index contributed by atoms with van der Waals surface area (Å²) in [6.45, 7) is 3.41. The van der Waals surface area contributed by atoms with E-state index in [0.29, 0.717) is 25.3 Å². The monoisotopic (exact) mass is 220 g/mol. The smallest absolute Gasteiger partial charge is 0.233 e. The minimum Gasteiger partial charge on any atom is -0.355 e. The van der Waals surface area contributed by atoms with Gasteiger partial charge in [-0.3, -0.25) is 4.79 Å². The van der Waals surface area contributed by atoms with Crippen molar-refractivity contribution in [2.45, 2.75) is 13.5 Å². The Bertz CT molecular complexity index is 403. The molecule has 0 saturated heterocycles. The number of aromatic nitrogens is 1. The zero-order valence-corrected chi connectivity index (χ0v) is 9.58. The van der Waals surface area contributed by atoms with Crippen molar-refractivity contribution in [1.82, 2.24) is 15.2 Å². The number of nitrogens with zero attached hydrogens (tertiary/aromatic N) is 2. The lowest BCUT2D eigenvalue weighted by molar-refractivity contribution is -0.120. The number of carbonyl (C=O) groups is 1. The molecule has 1 amide bonds. The summed E-state index contributed by atoms with van der Waals surface area (Å²) in [4.78, 5) is 11.1. The maximum absolute atomic E-state index is 11.1. The molecule has 0 atom stereocenters. The second-order valence-corrected chi connectivity index (χ2v) is 3.51. The van der Waals surface area contributed by atoms with Gasteiger partial charge in [0.05, 0.1) is 6.54 Å². The fourth-order valence-electron chi connectivity index (χ4n) is 1.42. The minimum absolute atomic E-state index is 0.0149. The van der Waals surface area contributed by atoms with Crippen LogP contribution in [0, 0.1) is 11.3 Å². The molecular weight excluding hydrogens is 204 g/mol. The van der Waals surface area contributed by atoms with Crippen molar-refractivity contribution in [3.63, 3.8) is 0 Å². The molecule has 0 fully saturated rings. The first-order valence-electron chi connectivity index (χ1n) is 5.20. The predicted molar refractivity (Wildman–Crippen MR) is 60.5 cm³/mol. The fourth-order valence-corrected chi connectivity index (χ4v) is 1.42. The lowest BCUT2D eigenvalue weighted by atomic mass is 10.3. The zero-order valence-electron chi connectivity index (χ0n) is 9.58. The van der Waals surface area contributed by atoms with Gasteiger partial charge in [-0.15, -0.1) is 0 Å². The second-order valence-electron chi connectivity index (χ2n) is 3.51. The Kier molecular flexibility index (Phi) is 4.55. The molecule has 86 valence electrons. The van der Waals surface area contributed by atoms with Gasteiger partial charge in [-0.2, -0.15) is 5.26 Å². The lowest BCUT2D eigenvalue weighted by Gasteiger charge is -2.03. The normalized spacial score (nSPS) is 9.81. The summed E-state index contributed by atoms with van der Waals surface area (Å²) in [5.41, 5.74) is 1.62. The maximum Gasteiger partial charge on any atom is 0.233 e. The van der Waals surface area contributed by atoms with Crippen LogP contribution in [-0.4, -0.2) is 23.6 Å². The van der Waals surface area contributed by atoms with Crippen LogP contribution in [0.15, 0.2) is 12.3 Å². The number of rotatable bonds is 5. The van der Waals surface area contributed by atoms with E-state index >= 15 is 0 Å². The van der Waals surface area contributed by atoms with Gasteiger partial charge in [0.1, 0.15) is 11.8 Å². The largest absolute Gasteiger partial charge is 0.355 e. The van der Waals surface area contributed by atoms with Gasteiger partial charge in [-0.05, 0) is 18.6 Å². The topological polar surface area (TPSA) is 69.8 Å². The molecule has 0 radical (unpaired) electrons. The van der Waals surface area contributed by atoms with E-state index in [0.717, 1.165) is 5.56 Å². The molecule has 0 spiro atoms. The number of hydrogen-bond donors (Lipinski definition) is 2. The Balaban J connectivity index is 2.38. The molecule has 0 bridgehead atoms. The third-order valence-corrected chi connectivity index (χ3v) is 2.16. The number of carbonyl (C=O) groups excluding carboxylic acids is 1. The standard InChI is InChI=1S/C11H16N4O/c1-3-14-11(16)7-13-6-9-4-10(5-12)15(2)8-9/h4,8,13H,3,6-7H2,1-2H3,(H,14,16). The lowest BCUT2D eigenvalue weighted by Crippen LogP contribution is -2.33. The molecule has 2 N–H and O–H groups in total. The molecule has 1 rings (SSSR count). The molecule has 0 unspecified atom stereocenters. The second kappa shape index (κ2) is 5.93. The van der Waals surface area contributed by atoms with E-state index in [1.165, 1.54) is 0 Å². The van der Waals surface area contributed by atoms with Crippen LogP contribution >= 0.6 is 0 Å². The highest BCUT2D eigenvalue weighted by molar-refractivity contribution is 5.77. The molecule has 16 heavy (non-hydrogen) atoms. The molecule has 0 aromatic carbocycles. The van der Waals surface area contributed by atoms with Gasteiger partial charge in [0.2, 0.25) is 5.91 Å². The first-order chi connectivity index (χ1) is 7.67. The van der Waals surface area contributed by atoms with E-state index in [1.54, 1.807) is 4.57 Å². The van der Waals surface area contributed by atoms with Crippen molar-refractivity contribution < 1.29 is 4.79 Å². The molecule has 5 heteroatoms. The number of likely N-dealkylation sites (N-methyl/N-ethyl adjacent to an activating group) is 1. The van der Waals surface area contributed by atoms with Crippen LogP contribution in [0.4, 0.5) is 0 Å². The summed E-state index contributed by atoms with van der Waals surface area (Å²) in [5.74, 6) is -0.0149. The van der Waals surface area contributed by atoms with E-state index < -0.39 is 0 Å². The van der Waals surface area contributed by atoms with Crippen LogP contribution in [0.1, 0.15) is 18.2 Å². The first-order valence-corrected chi connectivity index (χ1v) is 5.20. The number of nitrogens with one attached hydrogen (secondary N) is 2. The summed E-state index contributed by atoms with van der Waals surface area (Å²) in [5, 5.41) is 14.5. The summed E-state index contributed by atoms with van der Waals surface area (Å²) in [6.07, 6.45) is 1.88. The number of aryl methyl sites for hydroxylation is 1. The Labute approximate surface area is 95.1 Å². The molecule has 0 aliphatic carbocycles. The van der Waals surface area contributed by atoms with E-state index in [2.05, 4.69) is 16.7 Å². The zero-order chi connectivity index (χ0) is 12.0. The van der Waals surface area contributed by atoms with Crippen molar-refractivity contribution in [2.75, 3.05) is 13.1 Å². The SMILES string of the molecule is CCNC(=O)CNCc1cc(C#N)n(C)c1. The minimum atomic E-state index is -0.0149. The quantitative estimate of drug-likeness (QED) is 0.740. The Morgan fingerprint density at radius 1 is 1.62 bits per heavy atom. The van der Waals surface area contributed by atoms with Crippen LogP contribution < -0.4 is 10.6 Å². The highest BCUT2D eigenvalue weighted by Gasteiger charge is 2.03. The average Bonchev–Trinajstić information content (AvgIpc) is 2.59. The van der Waals surface area contributed by atoms with Crippen molar-refractivity contribution in [2.24, 2.45) is 7.05 Å². The summed E-state index contributed by atoms with van der Waals surface area (Å²) in [6, 6.07) is 3.90. The van der Waals surface area contributed by atoms with E-state index in [4.69, 9.17) is 5.26 Å². The van der Waals surface area contributed by atoms with Crippen molar-refractivity contribution >= 4 is 5.91 Å². The fraction of sp³-hybridized carbons (Fsp3) is 0.455. The predicted octanol–water partition coefficient (Wildman–Crippen LogP) is 0.122.